The predicted octanol–water partition coefficient (Wildman–Crippen LogP) is 4.79. The van der Waals surface area contributed by atoms with Gasteiger partial charge in [-0.1, -0.05) is 36.4 Å². The number of carbonyl (C=O) groups is 2. The minimum absolute atomic E-state index is 0.0000985. The molecule has 3 N–H and O–H groups in total. The molecule has 1 unspecified atom stereocenters. The van der Waals surface area contributed by atoms with Gasteiger partial charge in [-0.15, -0.1) is 0 Å². The van der Waals surface area contributed by atoms with Crippen molar-refractivity contribution in [2.75, 3.05) is 11.4 Å². The maximum absolute atomic E-state index is 14.0. The Morgan fingerprint density at radius 3 is 2.35 bits per heavy atom. The first kappa shape index (κ1) is 27.1. The van der Waals surface area contributed by atoms with Gasteiger partial charge in [-0.2, -0.15) is 18.3 Å². The van der Waals surface area contributed by atoms with Gasteiger partial charge in [0.1, 0.15) is 17.7 Å². The molecule has 0 saturated heterocycles. The summed E-state index contributed by atoms with van der Waals surface area (Å²) in [5.41, 5.74) is 7.07. The number of nitrogens with one attached hydrogen (secondary N) is 1. The van der Waals surface area contributed by atoms with E-state index in [-0.39, 0.29) is 18.7 Å². The zero-order valence-corrected chi connectivity index (χ0v) is 21.3. The molecule has 0 radical (unpaired) electrons. The summed E-state index contributed by atoms with van der Waals surface area (Å²) in [4.78, 5) is 28.8. The van der Waals surface area contributed by atoms with Crippen LogP contribution in [0, 0.1) is 5.82 Å². The lowest BCUT2D eigenvalue weighted by Gasteiger charge is -2.38. The van der Waals surface area contributed by atoms with E-state index in [1.54, 1.807) is 11.6 Å². The number of nitrogens with two attached hydrogens (primary N) is 1. The molecule has 7 nitrogen and oxygen atoms in total. The number of hydrogen-bond acceptors (Lipinski definition) is 4. The number of fused-ring (bicyclic) bond motifs is 1. The third-order valence-corrected chi connectivity index (χ3v) is 6.88. The number of hydrogen-bond donors (Lipinski definition) is 2. The van der Waals surface area contributed by atoms with Crippen LogP contribution in [0.15, 0.2) is 78.9 Å². The lowest BCUT2D eigenvalue weighted by atomic mass is 9.80. The molecule has 1 aromatic heterocycles. The second-order valence-electron chi connectivity index (χ2n) is 9.28. The molecule has 5 rings (SSSR count). The van der Waals surface area contributed by atoms with Crippen LogP contribution in [-0.4, -0.2) is 34.2 Å². The van der Waals surface area contributed by atoms with Crippen LogP contribution in [0.25, 0.3) is 5.69 Å². The van der Waals surface area contributed by atoms with E-state index < -0.39 is 41.3 Å². The molecule has 0 saturated carbocycles. The van der Waals surface area contributed by atoms with E-state index in [0.717, 1.165) is 18.2 Å². The number of likely N-dealkylation sites (N-methyl/N-ethyl adjacent to an activating group) is 1. The van der Waals surface area contributed by atoms with E-state index in [2.05, 4.69) is 5.32 Å². The van der Waals surface area contributed by atoms with Crippen LogP contribution in [0.5, 0.6) is 0 Å². The van der Waals surface area contributed by atoms with Crippen molar-refractivity contribution < 1.29 is 27.2 Å². The van der Waals surface area contributed by atoms with Gasteiger partial charge < -0.3 is 11.1 Å². The molecule has 1 aliphatic rings. The Morgan fingerprint density at radius 1 is 1.02 bits per heavy atom. The van der Waals surface area contributed by atoms with E-state index in [0.29, 0.717) is 28.3 Å². The molecule has 206 valence electrons. The third kappa shape index (κ3) is 4.84. The van der Waals surface area contributed by atoms with Crippen molar-refractivity contribution in [3.05, 3.63) is 113 Å². The number of halogens is 4. The largest absolute Gasteiger partial charge is 0.416 e. The van der Waals surface area contributed by atoms with E-state index in [1.807, 2.05) is 30.3 Å². The first-order chi connectivity index (χ1) is 19.1. The van der Waals surface area contributed by atoms with Gasteiger partial charge in [-0.25, -0.2) is 9.07 Å². The highest BCUT2D eigenvalue weighted by Crippen LogP contribution is 2.43. The zero-order chi connectivity index (χ0) is 28.6. The minimum Gasteiger partial charge on any atom is -0.339 e. The number of carbonyl (C=O) groups excluding carboxylic acids is 2. The Morgan fingerprint density at radius 2 is 1.73 bits per heavy atom. The number of rotatable bonds is 6. The van der Waals surface area contributed by atoms with Gasteiger partial charge in [-0.05, 0) is 55.0 Å². The Bertz CT molecular complexity index is 1550. The minimum atomic E-state index is -4.65. The first-order valence-electron chi connectivity index (χ1n) is 12.6. The summed E-state index contributed by atoms with van der Waals surface area (Å²) in [6.07, 6.45) is -4.65. The monoisotopic (exact) mass is 551 g/mol. The number of nitrogens with zero attached hydrogens (tertiary/aromatic N) is 3. The number of alkyl halides is 3. The molecule has 2 atom stereocenters. The van der Waals surface area contributed by atoms with Gasteiger partial charge in [0.2, 0.25) is 0 Å². The Hall–Kier alpha value is -4.51. The molecule has 1 aliphatic heterocycles. The fraction of sp³-hybridized carbons (Fsp3) is 0.207. The van der Waals surface area contributed by atoms with Crippen molar-refractivity contribution in [3.63, 3.8) is 0 Å². The number of para-hydroxylation sites is 1. The second kappa shape index (κ2) is 10.6. The van der Waals surface area contributed by atoms with Crippen LogP contribution in [-0.2, 0) is 17.5 Å². The molecule has 40 heavy (non-hydrogen) atoms. The maximum atomic E-state index is 14.0. The molecule has 0 bridgehead atoms. The van der Waals surface area contributed by atoms with Crippen LogP contribution < -0.4 is 16.0 Å². The number of amides is 2. The average Bonchev–Trinajstić information content (AvgIpc) is 3.33. The van der Waals surface area contributed by atoms with E-state index in [1.165, 1.54) is 35.2 Å². The maximum Gasteiger partial charge on any atom is 0.416 e. The molecular formula is C29H25F4N5O2. The number of benzene rings is 3. The van der Waals surface area contributed by atoms with Crippen LogP contribution in [0.2, 0.25) is 0 Å². The topological polar surface area (TPSA) is 93.2 Å². The van der Waals surface area contributed by atoms with Gasteiger partial charge in [0.15, 0.2) is 0 Å². The summed E-state index contributed by atoms with van der Waals surface area (Å²) >= 11 is 0. The van der Waals surface area contributed by atoms with Crippen molar-refractivity contribution in [3.8, 4) is 5.69 Å². The van der Waals surface area contributed by atoms with E-state index >= 15 is 0 Å². The van der Waals surface area contributed by atoms with Crippen LogP contribution >= 0.6 is 0 Å². The van der Waals surface area contributed by atoms with Crippen molar-refractivity contribution in [2.45, 2.75) is 31.6 Å². The standard InChI is InChI=1S/C29H25F4N5O2/c1-2-37-27-24(22(16-34)36-38(27)21-9-4-3-5-10-21)23(17-11-13-20(30)14-12-17)25(28(37)40)35-26(39)18-7-6-8-19(15-18)29(31,32)33/h3-15,23,25H,2,16,34H2,1H3,(H,35,39)/t23-,25?/m0/s1. The summed E-state index contributed by atoms with van der Waals surface area (Å²) in [5.74, 6) is -2.24. The smallest absolute Gasteiger partial charge is 0.339 e. The molecule has 4 aromatic rings. The fourth-order valence-electron chi connectivity index (χ4n) is 5.07. The summed E-state index contributed by atoms with van der Waals surface area (Å²) in [6, 6.07) is 17.3. The first-order valence-corrected chi connectivity index (χ1v) is 12.6. The lowest BCUT2D eigenvalue weighted by Crippen LogP contribution is -2.55. The van der Waals surface area contributed by atoms with Crippen molar-refractivity contribution in [1.82, 2.24) is 15.1 Å². The molecule has 3 aromatic carbocycles. The van der Waals surface area contributed by atoms with Crippen LogP contribution in [0.1, 0.15) is 45.6 Å². The van der Waals surface area contributed by atoms with Crippen LogP contribution in [0.4, 0.5) is 23.4 Å². The Balaban J connectivity index is 1.67. The molecule has 2 amide bonds. The highest BCUT2D eigenvalue weighted by molar-refractivity contribution is 6.05. The van der Waals surface area contributed by atoms with Gasteiger partial charge in [0, 0.05) is 30.1 Å². The van der Waals surface area contributed by atoms with E-state index in [4.69, 9.17) is 10.8 Å². The molecule has 11 heteroatoms. The Kier molecular flexibility index (Phi) is 7.16. The highest BCUT2D eigenvalue weighted by atomic mass is 19.4. The fourth-order valence-corrected chi connectivity index (χ4v) is 5.07. The van der Waals surface area contributed by atoms with Gasteiger partial charge in [0.25, 0.3) is 11.8 Å². The second-order valence-corrected chi connectivity index (χ2v) is 9.28. The SMILES string of the molecule is CCN1C(=O)C(NC(=O)c2cccc(C(F)(F)F)c2)[C@@H](c2ccc(F)cc2)c2c(CN)nn(-c3ccccc3)c21. The van der Waals surface area contributed by atoms with Crippen molar-refractivity contribution in [2.24, 2.45) is 5.73 Å². The molecule has 2 heterocycles. The summed E-state index contributed by atoms with van der Waals surface area (Å²) in [7, 11) is 0. The third-order valence-electron chi connectivity index (χ3n) is 6.88. The van der Waals surface area contributed by atoms with E-state index in [9.17, 15) is 27.2 Å². The van der Waals surface area contributed by atoms with Gasteiger partial charge >= 0.3 is 6.18 Å². The summed E-state index contributed by atoms with van der Waals surface area (Å²) in [6.45, 7) is 1.97. The van der Waals surface area contributed by atoms with Gasteiger partial charge in [-0.3, -0.25) is 14.5 Å². The summed E-state index contributed by atoms with van der Waals surface area (Å²) in [5, 5.41) is 7.37. The average molecular weight is 552 g/mol. The molecule has 0 spiro atoms. The quantitative estimate of drug-likeness (QED) is 0.337. The zero-order valence-electron chi connectivity index (χ0n) is 21.3. The van der Waals surface area contributed by atoms with Crippen molar-refractivity contribution >= 4 is 17.6 Å². The summed E-state index contributed by atoms with van der Waals surface area (Å²) < 4.78 is 55.5. The lowest BCUT2D eigenvalue weighted by molar-refractivity contribution is -0.137. The Labute approximate surface area is 227 Å². The van der Waals surface area contributed by atoms with Crippen molar-refractivity contribution in [1.29, 1.82) is 0 Å². The molecule has 0 aliphatic carbocycles. The number of anilines is 1. The number of aromatic nitrogens is 2. The molecule has 0 fully saturated rings. The highest BCUT2D eigenvalue weighted by Gasteiger charge is 2.46. The predicted molar refractivity (Wildman–Crippen MR) is 140 cm³/mol. The van der Waals surface area contributed by atoms with Crippen LogP contribution in [0.3, 0.4) is 0 Å². The normalized spacial score (nSPS) is 17.1. The van der Waals surface area contributed by atoms with Gasteiger partial charge in [0.05, 0.1) is 16.9 Å². The molecular weight excluding hydrogens is 526 g/mol.